The van der Waals surface area contributed by atoms with E-state index in [1.807, 2.05) is 18.2 Å². The first-order valence-corrected chi connectivity index (χ1v) is 9.30. The maximum atomic E-state index is 13.4. The van der Waals surface area contributed by atoms with Crippen LogP contribution in [0.25, 0.3) is 5.69 Å². The van der Waals surface area contributed by atoms with Crippen molar-refractivity contribution >= 4 is 29.3 Å². The van der Waals surface area contributed by atoms with Crippen LogP contribution in [-0.2, 0) is 11.3 Å². The molecule has 0 aliphatic rings. The number of benzene rings is 2. The first-order chi connectivity index (χ1) is 12.5. The van der Waals surface area contributed by atoms with E-state index in [-0.39, 0.29) is 17.5 Å². The van der Waals surface area contributed by atoms with Gasteiger partial charge in [0.2, 0.25) is 5.91 Å². The van der Waals surface area contributed by atoms with Crippen molar-refractivity contribution in [3.63, 3.8) is 0 Å². The van der Waals surface area contributed by atoms with E-state index in [0.717, 1.165) is 5.56 Å². The molecule has 0 fully saturated rings. The number of halogens is 2. The van der Waals surface area contributed by atoms with Crippen LogP contribution in [0.3, 0.4) is 0 Å². The van der Waals surface area contributed by atoms with Gasteiger partial charge in [0.1, 0.15) is 5.82 Å². The fourth-order valence-corrected chi connectivity index (χ4v) is 3.58. The average molecular weight is 390 g/mol. The number of carbonyl (C=O) groups is 1. The molecule has 26 heavy (non-hydrogen) atoms. The third-order valence-electron chi connectivity index (χ3n) is 3.75. The molecule has 0 N–H and O–H groups in total. The number of nitrogens with zero attached hydrogens (tertiary/aromatic N) is 3. The van der Waals surface area contributed by atoms with Crippen LogP contribution < -0.4 is 0 Å². The second-order valence-corrected chi connectivity index (χ2v) is 7.11. The van der Waals surface area contributed by atoms with Crippen molar-refractivity contribution in [3.8, 4) is 5.69 Å². The van der Waals surface area contributed by atoms with E-state index in [1.54, 1.807) is 47.1 Å². The fraction of sp³-hybridized carbons (Fsp3) is 0.158. The second kappa shape index (κ2) is 8.38. The van der Waals surface area contributed by atoms with Crippen molar-refractivity contribution in [2.45, 2.75) is 11.7 Å². The van der Waals surface area contributed by atoms with Crippen molar-refractivity contribution < 1.29 is 9.18 Å². The molecule has 0 unspecified atom stereocenters. The minimum atomic E-state index is -0.315. The van der Waals surface area contributed by atoms with Gasteiger partial charge in [-0.2, -0.15) is 0 Å². The monoisotopic (exact) mass is 389 g/mol. The van der Waals surface area contributed by atoms with Gasteiger partial charge in [-0.1, -0.05) is 41.6 Å². The Labute approximate surface area is 160 Å². The average Bonchev–Trinajstić information content (AvgIpc) is 3.08. The van der Waals surface area contributed by atoms with Crippen LogP contribution in [-0.4, -0.2) is 33.2 Å². The number of aromatic nitrogens is 2. The summed E-state index contributed by atoms with van der Waals surface area (Å²) in [6.45, 7) is 0.484. The van der Waals surface area contributed by atoms with Gasteiger partial charge in [0, 0.05) is 31.0 Å². The SMILES string of the molecule is CN(Cc1cccc(Cl)c1)C(=O)CSc1nccn1-c1cccc(F)c1. The molecule has 2 aromatic carbocycles. The molecule has 0 aliphatic carbocycles. The molecule has 0 radical (unpaired) electrons. The summed E-state index contributed by atoms with van der Waals surface area (Å²) >= 11 is 7.29. The van der Waals surface area contributed by atoms with Crippen LogP contribution in [0.4, 0.5) is 4.39 Å². The molecule has 0 aliphatic heterocycles. The number of imidazole rings is 1. The van der Waals surface area contributed by atoms with E-state index < -0.39 is 0 Å². The first-order valence-electron chi connectivity index (χ1n) is 7.93. The fourth-order valence-electron chi connectivity index (χ4n) is 2.45. The third kappa shape index (κ3) is 4.65. The summed E-state index contributed by atoms with van der Waals surface area (Å²) in [5.74, 6) is -0.100. The largest absolute Gasteiger partial charge is 0.341 e. The van der Waals surface area contributed by atoms with Crippen molar-refractivity contribution in [2.75, 3.05) is 12.8 Å². The van der Waals surface area contributed by atoms with Crippen LogP contribution in [0, 0.1) is 5.82 Å². The van der Waals surface area contributed by atoms with Crippen molar-refractivity contribution in [1.29, 1.82) is 0 Å². The van der Waals surface area contributed by atoms with E-state index in [9.17, 15) is 9.18 Å². The lowest BCUT2D eigenvalue weighted by molar-refractivity contribution is -0.127. The second-order valence-electron chi connectivity index (χ2n) is 5.73. The molecule has 0 saturated heterocycles. The highest BCUT2D eigenvalue weighted by atomic mass is 35.5. The van der Waals surface area contributed by atoms with Crippen molar-refractivity contribution in [2.24, 2.45) is 0 Å². The summed E-state index contributed by atoms with van der Waals surface area (Å²) in [5.41, 5.74) is 1.64. The molecular formula is C19H17ClFN3OS. The predicted octanol–water partition coefficient (Wildman–Crippen LogP) is 4.42. The molecule has 0 bridgehead atoms. The minimum absolute atomic E-state index is 0.0243. The third-order valence-corrected chi connectivity index (χ3v) is 4.94. The highest BCUT2D eigenvalue weighted by Gasteiger charge is 2.13. The Bertz CT molecular complexity index is 915. The van der Waals surface area contributed by atoms with Gasteiger partial charge in [-0.3, -0.25) is 9.36 Å². The standard InChI is InChI=1S/C19H17ClFN3OS/c1-23(12-14-4-2-5-15(20)10-14)18(25)13-26-19-22-8-9-24(19)17-7-3-6-16(21)11-17/h2-11H,12-13H2,1H3. The molecule has 4 nitrogen and oxygen atoms in total. The van der Waals surface area contributed by atoms with E-state index in [0.29, 0.717) is 22.4 Å². The minimum Gasteiger partial charge on any atom is -0.341 e. The summed E-state index contributed by atoms with van der Waals surface area (Å²) in [6, 6.07) is 13.7. The summed E-state index contributed by atoms with van der Waals surface area (Å²) in [6.07, 6.45) is 3.38. The van der Waals surface area contributed by atoms with Crippen molar-refractivity contribution in [1.82, 2.24) is 14.5 Å². The summed E-state index contributed by atoms with van der Waals surface area (Å²) in [4.78, 5) is 18.3. The van der Waals surface area contributed by atoms with E-state index in [4.69, 9.17) is 11.6 Å². The maximum Gasteiger partial charge on any atom is 0.233 e. The summed E-state index contributed by atoms with van der Waals surface area (Å²) in [7, 11) is 1.75. The topological polar surface area (TPSA) is 38.1 Å². The molecule has 1 heterocycles. The Morgan fingerprint density at radius 2 is 2.08 bits per heavy atom. The lowest BCUT2D eigenvalue weighted by Crippen LogP contribution is -2.27. The zero-order valence-corrected chi connectivity index (χ0v) is 15.7. The summed E-state index contributed by atoms with van der Waals surface area (Å²) in [5, 5.41) is 1.29. The van der Waals surface area contributed by atoms with Gasteiger partial charge >= 0.3 is 0 Å². The number of rotatable bonds is 6. The zero-order chi connectivity index (χ0) is 18.5. The van der Waals surface area contributed by atoms with Gasteiger partial charge in [0.05, 0.1) is 11.4 Å². The van der Waals surface area contributed by atoms with Crippen LogP contribution in [0.15, 0.2) is 66.1 Å². The van der Waals surface area contributed by atoms with Crippen LogP contribution in [0.1, 0.15) is 5.56 Å². The van der Waals surface area contributed by atoms with Gasteiger partial charge in [-0.05, 0) is 35.9 Å². The van der Waals surface area contributed by atoms with Gasteiger partial charge < -0.3 is 4.90 Å². The molecule has 0 saturated carbocycles. The highest BCUT2D eigenvalue weighted by Crippen LogP contribution is 2.21. The normalized spacial score (nSPS) is 10.7. The van der Waals surface area contributed by atoms with Gasteiger partial charge in [0.25, 0.3) is 0 Å². The molecule has 0 atom stereocenters. The molecule has 0 spiro atoms. The molecule has 1 aromatic heterocycles. The Morgan fingerprint density at radius 1 is 1.27 bits per heavy atom. The van der Waals surface area contributed by atoms with Crippen LogP contribution >= 0.6 is 23.4 Å². The zero-order valence-electron chi connectivity index (χ0n) is 14.1. The molecule has 3 rings (SSSR count). The molecule has 7 heteroatoms. The Hall–Kier alpha value is -2.31. The van der Waals surface area contributed by atoms with E-state index in [2.05, 4.69) is 4.98 Å². The molecule has 3 aromatic rings. The highest BCUT2D eigenvalue weighted by molar-refractivity contribution is 7.99. The number of hydrogen-bond acceptors (Lipinski definition) is 3. The molecule has 1 amide bonds. The smallest absolute Gasteiger partial charge is 0.233 e. The summed E-state index contributed by atoms with van der Waals surface area (Å²) < 4.78 is 15.2. The Kier molecular flexibility index (Phi) is 5.96. The first kappa shape index (κ1) is 18.5. The van der Waals surface area contributed by atoms with Gasteiger partial charge in [-0.15, -0.1) is 0 Å². The maximum absolute atomic E-state index is 13.4. The van der Waals surface area contributed by atoms with Gasteiger partial charge in [-0.25, -0.2) is 9.37 Å². The van der Waals surface area contributed by atoms with Crippen molar-refractivity contribution in [3.05, 3.63) is 77.3 Å². The van der Waals surface area contributed by atoms with E-state index in [1.165, 1.54) is 23.9 Å². The van der Waals surface area contributed by atoms with Crippen LogP contribution in [0.5, 0.6) is 0 Å². The number of carbonyl (C=O) groups excluding carboxylic acids is 1. The molecular weight excluding hydrogens is 373 g/mol. The lowest BCUT2D eigenvalue weighted by Gasteiger charge is -2.17. The van der Waals surface area contributed by atoms with Gasteiger partial charge in [0.15, 0.2) is 5.16 Å². The Balaban J connectivity index is 1.62. The van der Waals surface area contributed by atoms with Crippen LogP contribution in [0.2, 0.25) is 5.02 Å². The quantitative estimate of drug-likeness (QED) is 0.586. The number of amides is 1. The molecule has 134 valence electrons. The lowest BCUT2D eigenvalue weighted by atomic mass is 10.2. The Morgan fingerprint density at radius 3 is 2.85 bits per heavy atom. The van der Waals surface area contributed by atoms with E-state index >= 15 is 0 Å². The number of hydrogen-bond donors (Lipinski definition) is 0. The predicted molar refractivity (Wildman–Crippen MR) is 102 cm³/mol. The number of thioether (sulfide) groups is 1.